The van der Waals surface area contributed by atoms with Gasteiger partial charge in [-0.3, -0.25) is 14.9 Å². The molecule has 0 aliphatic heterocycles. The van der Waals surface area contributed by atoms with E-state index in [4.69, 9.17) is 0 Å². The summed E-state index contributed by atoms with van der Waals surface area (Å²) in [5.41, 5.74) is 0.976. The summed E-state index contributed by atoms with van der Waals surface area (Å²) in [6, 6.07) is 2.96. The number of halogens is 4. The van der Waals surface area contributed by atoms with Crippen LogP contribution in [0.5, 0.6) is 0 Å². The van der Waals surface area contributed by atoms with Gasteiger partial charge in [0.25, 0.3) is 0 Å². The second kappa shape index (κ2) is 9.48. The number of benzene rings is 1. The first-order valence-electron chi connectivity index (χ1n) is 7.77. The van der Waals surface area contributed by atoms with Gasteiger partial charge in [-0.25, -0.2) is 4.39 Å². The quantitative estimate of drug-likeness (QED) is 0.502. The molecule has 146 valence electrons. The SMILES string of the molecule is Cc1ccc(CNC(=O)CNC(=O)[C@@H](NCC(F)(F)F)[C@@H](C)O)c(F)c1. The Hall–Kier alpha value is -2.20. The molecule has 6 nitrogen and oxygen atoms in total. The van der Waals surface area contributed by atoms with Gasteiger partial charge in [0, 0.05) is 12.1 Å². The number of alkyl halides is 3. The van der Waals surface area contributed by atoms with Crippen LogP contribution in [0.15, 0.2) is 18.2 Å². The molecular formula is C16H21F4N3O3. The number of aliphatic hydroxyl groups is 1. The molecule has 0 aliphatic rings. The lowest BCUT2D eigenvalue weighted by molar-refractivity contribution is -0.136. The molecule has 10 heteroatoms. The summed E-state index contributed by atoms with van der Waals surface area (Å²) in [5, 5.41) is 15.8. The Kier molecular flexibility index (Phi) is 7.97. The molecule has 0 aliphatic carbocycles. The maximum absolute atomic E-state index is 13.6. The second-order valence-corrected chi connectivity index (χ2v) is 5.80. The minimum atomic E-state index is -4.55. The van der Waals surface area contributed by atoms with Gasteiger partial charge in [0.1, 0.15) is 11.9 Å². The predicted molar refractivity (Wildman–Crippen MR) is 85.5 cm³/mol. The van der Waals surface area contributed by atoms with Crippen LogP contribution in [0.2, 0.25) is 0 Å². The van der Waals surface area contributed by atoms with Gasteiger partial charge in [0.2, 0.25) is 11.8 Å². The highest BCUT2D eigenvalue weighted by molar-refractivity contribution is 5.87. The highest BCUT2D eigenvalue weighted by Crippen LogP contribution is 2.13. The topological polar surface area (TPSA) is 90.5 Å². The Morgan fingerprint density at radius 1 is 1.23 bits per heavy atom. The van der Waals surface area contributed by atoms with E-state index < -0.39 is 49.0 Å². The smallest absolute Gasteiger partial charge is 0.391 e. The highest BCUT2D eigenvalue weighted by atomic mass is 19.4. The van der Waals surface area contributed by atoms with Gasteiger partial charge in [-0.2, -0.15) is 13.2 Å². The molecule has 0 saturated heterocycles. The standard InChI is InChI=1S/C16H21F4N3O3/c1-9-3-4-11(12(17)5-9)6-21-13(25)7-22-15(26)14(10(2)24)23-8-16(18,19)20/h3-5,10,14,23-24H,6-8H2,1-2H3,(H,21,25)(H,22,26)/t10-,14+/m1/s1. The van der Waals surface area contributed by atoms with Crippen LogP contribution in [0.25, 0.3) is 0 Å². The van der Waals surface area contributed by atoms with Crippen LogP contribution in [0.3, 0.4) is 0 Å². The van der Waals surface area contributed by atoms with Crippen molar-refractivity contribution in [1.82, 2.24) is 16.0 Å². The lowest BCUT2D eigenvalue weighted by atomic mass is 10.1. The van der Waals surface area contributed by atoms with Crippen molar-refractivity contribution in [2.75, 3.05) is 13.1 Å². The molecule has 0 unspecified atom stereocenters. The molecule has 0 bridgehead atoms. The van der Waals surface area contributed by atoms with E-state index in [9.17, 15) is 32.3 Å². The van der Waals surface area contributed by atoms with Crippen molar-refractivity contribution < 1.29 is 32.3 Å². The van der Waals surface area contributed by atoms with E-state index in [2.05, 4.69) is 10.6 Å². The summed E-state index contributed by atoms with van der Waals surface area (Å²) in [6.45, 7) is 0.769. The molecule has 0 radical (unpaired) electrons. The number of aliphatic hydroxyl groups excluding tert-OH is 1. The Morgan fingerprint density at radius 3 is 2.42 bits per heavy atom. The maximum Gasteiger partial charge on any atom is 0.401 e. The molecule has 0 spiro atoms. The van der Waals surface area contributed by atoms with Crippen molar-refractivity contribution in [1.29, 1.82) is 0 Å². The normalized spacial score (nSPS) is 13.8. The molecule has 1 aromatic rings. The molecule has 0 aromatic heterocycles. The first kappa shape index (κ1) is 21.8. The number of rotatable bonds is 8. The minimum Gasteiger partial charge on any atom is -0.391 e. The van der Waals surface area contributed by atoms with E-state index in [1.165, 1.54) is 12.1 Å². The zero-order valence-corrected chi connectivity index (χ0v) is 14.3. The Labute approximate surface area is 148 Å². The average molecular weight is 379 g/mol. The fourth-order valence-corrected chi connectivity index (χ4v) is 2.04. The van der Waals surface area contributed by atoms with E-state index in [1.807, 2.05) is 5.32 Å². The zero-order valence-electron chi connectivity index (χ0n) is 14.3. The fraction of sp³-hybridized carbons (Fsp3) is 0.500. The number of hydrogen-bond acceptors (Lipinski definition) is 4. The number of carbonyl (C=O) groups is 2. The van der Waals surface area contributed by atoms with Gasteiger partial charge in [0.15, 0.2) is 0 Å². The molecule has 0 heterocycles. The number of nitrogens with one attached hydrogen (secondary N) is 3. The molecule has 0 fully saturated rings. The molecule has 2 amide bonds. The van der Waals surface area contributed by atoms with Gasteiger partial charge in [-0.05, 0) is 25.5 Å². The fourth-order valence-electron chi connectivity index (χ4n) is 2.04. The van der Waals surface area contributed by atoms with Crippen molar-refractivity contribution >= 4 is 11.8 Å². The predicted octanol–water partition coefficient (Wildman–Crippen LogP) is 0.768. The molecule has 4 N–H and O–H groups in total. The summed E-state index contributed by atoms with van der Waals surface area (Å²) in [4.78, 5) is 23.5. The van der Waals surface area contributed by atoms with Crippen LogP contribution < -0.4 is 16.0 Å². The first-order valence-corrected chi connectivity index (χ1v) is 7.77. The van der Waals surface area contributed by atoms with E-state index >= 15 is 0 Å². The van der Waals surface area contributed by atoms with Crippen LogP contribution in [0.1, 0.15) is 18.1 Å². The molecule has 1 rings (SSSR count). The van der Waals surface area contributed by atoms with Crippen molar-refractivity contribution in [3.05, 3.63) is 35.1 Å². The summed E-state index contributed by atoms with van der Waals surface area (Å²) in [6.07, 6.45) is -5.95. The summed E-state index contributed by atoms with van der Waals surface area (Å²) >= 11 is 0. The third-order valence-corrected chi connectivity index (χ3v) is 3.40. The minimum absolute atomic E-state index is 0.104. The van der Waals surface area contributed by atoms with Gasteiger partial charge in [0.05, 0.1) is 19.2 Å². The second-order valence-electron chi connectivity index (χ2n) is 5.80. The molecule has 26 heavy (non-hydrogen) atoms. The van der Waals surface area contributed by atoms with Crippen molar-refractivity contribution in [3.63, 3.8) is 0 Å². The Bertz CT molecular complexity index is 636. The van der Waals surface area contributed by atoms with Gasteiger partial charge < -0.3 is 15.7 Å². The summed E-state index contributed by atoms with van der Waals surface area (Å²) in [5.74, 6) is -2.10. The van der Waals surface area contributed by atoms with Crippen molar-refractivity contribution in [2.24, 2.45) is 0 Å². The van der Waals surface area contributed by atoms with E-state index in [0.717, 1.165) is 12.5 Å². The largest absolute Gasteiger partial charge is 0.401 e. The number of hydrogen-bond donors (Lipinski definition) is 4. The van der Waals surface area contributed by atoms with Gasteiger partial charge in [-0.15, -0.1) is 0 Å². The maximum atomic E-state index is 13.6. The van der Waals surface area contributed by atoms with Crippen molar-refractivity contribution in [2.45, 2.75) is 38.7 Å². The van der Waals surface area contributed by atoms with Crippen LogP contribution in [-0.4, -0.2) is 48.3 Å². The van der Waals surface area contributed by atoms with E-state index in [0.29, 0.717) is 0 Å². The van der Waals surface area contributed by atoms with Crippen LogP contribution in [0.4, 0.5) is 17.6 Å². The average Bonchev–Trinajstić information content (AvgIpc) is 2.50. The van der Waals surface area contributed by atoms with Crippen molar-refractivity contribution in [3.8, 4) is 0 Å². The molecule has 1 aromatic carbocycles. The van der Waals surface area contributed by atoms with Crippen LogP contribution in [0, 0.1) is 12.7 Å². The Balaban J connectivity index is 2.47. The van der Waals surface area contributed by atoms with Crippen LogP contribution >= 0.6 is 0 Å². The first-order chi connectivity index (χ1) is 12.0. The molecule has 0 saturated carbocycles. The monoisotopic (exact) mass is 379 g/mol. The third-order valence-electron chi connectivity index (χ3n) is 3.40. The third kappa shape index (κ3) is 7.79. The highest BCUT2D eigenvalue weighted by Gasteiger charge is 2.32. The lowest BCUT2D eigenvalue weighted by Crippen LogP contribution is -2.53. The van der Waals surface area contributed by atoms with Gasteiger partial charge >= 0.3 is 6.18 Å². The number of amides is 2. The van der Waals surface area contributed by atoms with E-state index in [1.54, 1.807) is 13.0 Å². The zero-order chi connectivity index (χ0) is 19.9. The Morgan fingerprint density at radius 2 is 1.88 bits per heavy atom. The number of carbonyl (C=O) groups excluding carboxylic acids is 2. The van der Waals surface area contributed by atoms with Gasteiger partial charge in [-0.1, -0.05) is 12.1 Å². The summed E-state index contributed by atoms with van der Waals surface area (Å²) < 4.78 is 50.3. The van der Waals surface area contributed by atoms with Crippen LogP contribution in [-0.2, 0) is 16.1 Å². The van der Waals surface area contributed by atoms with E-state index in [-0.39, 0.29) is 12.1 Å². The lowest BCUT2D eigenvalue weighted by Gasteiger charge is -2.21. The molecule has 2 atom stereocenters. The molecular weight excluding hydrogens is 358 g/mol. The summed E-state index contributed by atoms with van der Waals surface area (Å²) in [7, 11) is 0. The number of aryl methyl sites for hydroxylation is 1.